The van der Waals surface area contributed by atoms with Crippen LogP contribution in [0.3, 0.4) is 0 Å². The third-order valence-corrected chi connectivity index (χ3v) is 4.62. The summed E-state index contributed by atoms with van der Waals surface area (Å²) < 4.78 is 0. The van der Waals surface area contributed by atoms with Crippen molar-refractivity contribution in [1.82, 2.24) is 25.3 Å². The van der Waals surface area contributed by atoms with Crippen molar-refractivity contribution in [3.63, 3.8) is 0 Å². The highest BCUT2D eigenvalue weighted by molar-refractivity contribution is 5.92. The third kappa shape index (κ3) is 3.34. The maximum Gasteiger partial charge on any atom is 0.271 e. The molecule has 2 aromatic heterocycles. The summed E-state index contributed by atoms with van der Waals surface area (Å²) in [5.41, 5.74) is 1.53. The molecule has 2 fully saturated rings. The van der Waals surface area contributed by atoms with Gasteiger partial charge in [0.1, 0.15) is 17.8 Å². The van der Waals surface area contributed by atoms with Crippen molar-refractivity contribution in [2.45, 2.75) is 37.6 Å². The summed E-state index contributed by atoms with van der Waals surface area (Å²) in [6.45, 7) is 1.76. The molecule has 1 saturated carbocycles. The Labute approximate surface area is 140 Å². The van der Waals surface area contributed by atoms with E-state index in [-0.39, 0.29) is 11.9 Å². The van der Waals surface area contributed by atoms with Crippen LogP contribution in [0.15, 0.2) is 31.0 Å². The summed E-state index contributed by atoms with van der Waals surface area (Å²) in [4.78, 5) is 31.2. The van der Waals surface area contributed by atoms with Crippen molar-refractivity contribution in [2.24, 2.45) is 0 Å². The predicted molar refractivity (Wildman–Crippen MR) is 88.7 cm³/mol. The van der Waals surface area contributed by atoms with Crippen LogP contribution in [0.2, 0.25) is 0 Å². The number of rotatable bonds is 4. The number of anilines is 1. The van der Waals surface area contributed by atoms with Crippen LogP contribution in [0.25, 0.3) is 0 Å². The summed E-state index contributed by atoms with van der Waals surface area (Å²) in [5.74, 6) is 1.49. The van der Waals surface area contributed by atoms with Crippen molar-refractivity contribution < 1.29 is 4.79 Å². The molecule has 2 aromatic rings. The average molecular weight is 324 g/mol. The fraction of sp³-hybridized carbons (Fsp3) is 0.471. The molecule has 2 aliphatic rings. The van der Waals surface area contributed by atoms with Gasteiger partial charge < -0.3 is 10.2 Å². The minimum atomic E-state index is -0.153. The molecule has 1 amide bonds. The third-order valence-electron chi connectivity index (χ3n) is 4.62. The summed E-state index contributed by atoms with van der Waals surface area (Å²) in [6.07, 6.45) is 10.5. The first-order valence-corrected chi connectivity index (χ1v) is 8.43. The molecule has 0 radical (unpaired) electrons. The number of carbonyl (C=O) groups excluding carboxylic acids is 1. The van der Waals surface area contributed by atoms with Gasteiger partial charge in [-0.2, -0.15) is 0 Å². The van der Waals surface area contributed by atoms with Crippen molar-refractivity contribution in [3.05, 3.63) is 42.4 Å². The van der Waals surface area contributed by atoms with Gasteiger partial charge in [-0.05, 0) is 25.7 Å². The van der Waals surface area contributed by atoms with E-state index in [4.69, 9.17) is 0 Å². The Kier molecular flexibility index (Phi) is 4.06. The highest BCUT2D eigenvalue weighted by Crippen LogP contribution is 2.39. The van der Waals surface area contributed by atoms with Gasteiger partial charge in [-0.25, -0.2) is 15.0 Å². The number of hydrogen-bond donors (Lipinski definition) is 1. The highest BCUT2D eigenvalue weighted by atomic mass is 16.1. The Morgan fingerprint density at radius 2 is 1.92 bits per heavy atom. The molecule has 24 heavy (non-hydrogen) atoms. The van der Waals surface area contributed by atoms with E-state index in [1.165, 1.54) is 25.2 Å². The molecule has 0 unspecified atom stereocenters. The van der Waals surface area contributed by atoms with Crippen molar-refractivity contribution in [3.8, 4) is 0 Å². The molecular weight excluding hydrogens is 304 g/mol. The largest absolute Gasteiger partial charge is 0.356 e. The molecule has 0 bridgehead atoms. The number of piperidine rings is 1. The van der Waals surface area contributed by atoms with Gasteiger partial charge in [-0.1, -0.05) is 0 Å². The first kappa shape index (κ1) is 15.0. The lowest BCUT2D eigenvalue weighted by atomic mass is 10.0. The van der Waals surface area contributed by atoms with E-state index in [0.717, 1.165) is 37.4 Å². The van der Waals surface area contributed by atoms with Crippen LogP contribution in [0, 0.1) is 0 Å². The van der Waals surface area contributed by atoms with Crippen LogP contribution < -0.4 is 10.2 Å². The zero-order chi connectivity index (χ0) is 16.4. The predicted octanol–water partition coefficient (Wildman–Crippen LogP) is 1.54. The molecule has 0 aromatic carbocycles. The van der Waals surface area contributed by atoms with E-state index in [9.17, 15) is 4.79 Å². The number of hydrogen-bond acceptors (Lipinski definition) is 6. The minimum absolute atomic E-state index is 0.153. The summed E-state index contributed by atoms with van der Waals surface area (Å²) in [7, 11) is 0. The van der Waals surface area contributed by atoms with Crippen molar-refractivity contribution in [1.29, 1.82) is 0 Å². The molecule has 0 atom stereocenters. The number of nitrogens with one attached hydrogen (secondary N) is 1. The van der Waals surface area contributed by atoms with Crippen LogP contribution in [-0.2, 0) is 0 Å². The average Bonchev–Trinajstić information content (AvgIpc) is 3.48. The Hall–Kier alpha value is -2.57. The van der Waals surface area contributed by atoms with E-state index in [2.05, 4.69) is 36.2 Å². The zero-order valence-corrected chi connectivity index (χ0v) is 13.4. The molecule has 7 nitrogen and oxygen atoms in total. The number of aromatic nitrogens is 4. The molecular formula is C17H20N6O. The normalized spacial score (nSPS) is 18.4. The Balaban J connectivity index is 1.33. The maximum atomic E-state index is 12.1. The lowest BCUT2D eigenvalue weighted by Crippen LogP contribution is -2.45. The van der Waals surface area contributed by atoms with Gasteiger partial charge in [0.2, 0.25) is 0 Å². The standard InChI is InChI=1S/C17H20N6O/c24-17(15-10-18-5-6-19-15)22-13-3-7-23(8-4-13)16-9-14(12-1-2-12)20-11-21-16/h5-6,9-13H,1-4,7-8H2,(H,22,24). The second kappa shape index (κ2) is 6.51. The van der Waals surface area contributed by atoms with Gasteiger partial charge in [0.25, 0.3) is 5.91 Å². The Morgan fingerprint density at radius 3 is 2.62 bits per heavy atom. The molecule has 7 heteroatoms. The van der Waals surface area contributed by atoms with E-state index >= 15 is 0 Å². The smallest absolute Gasteiger partial charge is 0.271 e. The van der Waals surface area contributed by atoms with Crippen LogP contribution in [-0.4, -0.2) is 45.0 Å². The quantitative estimate of drug-likeness (QED) is 0.918. The summed E-state index contributed by atoms with van der Waals surface area (Å²) in [6, 6.07) is 2.29. The molecule has 3 heterocycles. The van der Waals surface area contributed by atoms with Crippen LogP contribution in [0.5, 0.6) is 0 Å². The van der Waals surface area contributed by atoms with E-state index < -0.39 is 0 Å². The first-order valence-electron chi connectivity index (χ1n) is 8.43. The molecule has 1 aliphatic carbocycles. The van der Waals surface area contributed by atoms with Crippen LogP contribution >= 0.6 is 0 Å². The van der Waals surface area contributed by atoms with Gasteiger partial charge in [0, 0.05) is 49.2 Å². The molecule has 4 rings (SSSR count). The van der Waals surface area contributed by atoms with Gasteiger partial charge in [0.15, 0.2) is 0 Å². The van der Waals surface area contributed by atoms with Crippen molar-refractivity contribution >= 4 is 11.7 Å². The van der Waals surface area contributed by atoms with Crippen LogP contribution in [0.4, 0.5) is 5.82 Å². The van der Waals surface area contributed by atoms with Gasteiger partial charge in [-0.15, -0.1) is 0 Å². The van der Waals surface area contributed by atoms with Crippen molar-refractivity contribution in [2.75, 3.05) is 18.0 Å². The SMILES string of the molecule is O=C(NC1CCN(c2cc(C3CC3)ncn2)CC1)c1cnccn1. The number of amides is 1. The second-order valence-corrected chi connectivity index (χ2v) is 6.40. The Morgan fingerprint density at radius 1 is 1.08 bits per heavy atom. The highest BCUT2D eigenvalue weighted by Gasteiger charge is 2.27. The molecule has 1 N–H and O–H groups in total. The molecule has 124 valence electrons. The molecule has 1 saturated heterocycles. The lowest BCUT2D eigenvalue weighted by molar-refractivity contribution is 0.0925. The van der Waals surface area contributed by atoms with E-state index in [1.807, 2.05) is 0 Å². The number of carbonyl (C=O) groups is 1. The second-order valence-electron chi connectivity index (χ2n) is 6.40. The topological polar surface area (TPSA) is 83.9 Å². The van der Waals surface area contributed by atoms with Gasteiger partial charge in [0.05, 0.1) is 6.20 Å². The first-order chi connectivity index (χ1) is 11.8. The zero-order valence-electron chi connectivity index (χ0n) is 13.4. The van der Waals surface area contributed by atoms with Gasteiger partial charge >= 0.3 is 0 Å². The van der Waals surface area contributed by atoms with E-state index in [1.54, 1.807) is 12.5 Å². The van der Waals surface area contributed by atoms with E-state index in [0.29, 0.717) is 11.6 Å². The molecule has 0 spiro atoms. The monoisotopic (exact) mass is 324 g/mol. The van der Waals surface area contributed by atoms with Crippen LogP contribution in [0.1, 0.15) is 47.8 Å². The summed E-state index contributed by atoms with van der Waals surface area (Å²) in [5, 5.41) is 3.05. The number of nitrogens with zero attached hydrogens (tertiary/aromatic N) is 5. The fourth-order valence-corrected chi connectivity index (χ4v) is 3.07. The fourth-order valence-electron chi connectivity index (χ4n) is 3.07. The van der Waals surface area contributed by atoms with Gasteiger partial charge in [-0.3, -0.25) is 9.78 Å². The summed E-state index contributed by atoms with van der Waals surface area (Å²) >= 11 is 0. The molecule has 1 aliphatic heterocycles. The minimum Gasteiger partial charge on any atom is -0.356 e. The Bertz CT molecular complexity index is 710. The lowest BCUT2D eigenvalue weighted by Gasteiger charge is -2.33. The maximum absolute atomic E-state index is 12.1.